The minimum atomic E-state index is -0.647. The Morgan fingerprint density at radius 3 is 2.79 bits per heavy atom. The monoisotopic (exact) mass is 250 g/mol. The lowest BCUT2D eigenvalue weighted by atomic mass is 10.3. The molecule has 0 aliphatic heterocycles. The molecule has 0 radical (unpaired) electrons. The molecule has 76 valence electrons. The Morgan fingerprint density at radius 2 is 2.29 bits per heavy atom. The minimum absolute atomic E-state index is 0.112. The average Bonchev–Trinajstić information content (AvgIpc) is 2.16. The number of halogens is 1. The van der Waals surface area contributed by atoms with Gasteiger partial charge in [0.2, 0.25) is 0 Å². The number of carbonyl (C=O) groups is 1. The summed E-state index contributed by atoms with van der Waals surface area (Å²) in [5.41, 5.74) is 0.742. The molecule has 0 saturated heterocycles. The van der Waals surface area contributed by atoms with Crippen LogP contribution in [-0.4, -0.2) is 14.8 Å². The molecule has 0 aromatic carbocycles. The molecule has 0 aliphatic rings. The number of ether oxygens (including phenoxy) is 1. The zero-order chi connectivity index (χ0) is 10.6. The van der Waals surface area contributed by atoms with E-state index in [2.05, 4.69) is 30.6 Å². The Hall–Kier alpha value is -0.590. The van der Waals surface area contributed by atoms with Gasteiger partial charge in [0, 0.05) is 11.8 Å². The van der Waals surface area contributed by atoms with Crippen LogP contribution in [0.1, 0.15) is 5.56 Å². The van der Waals surface area contributed by atoms with Crippen LogP contribution in [0.25, 0.3) is 0 Å². The number of thiol groups is 2. The van der Waals surface area contributed by atoms with Gasteiger partial charge in [0.05, 0.1) is 0 Å². The summed E-state index contributed by atoms with van der Waals surface area (Å²) in [7, 11) is 0. The van der Waals surface area contributed by atoms with Gasteiger partial charge in [-0.1, -0.05) is 17.7 Å². The van der Waals surface area contributed by atoms with Crippen LogP contribution in [0, 0.1) is 0 Å². The normalized spacial score (nSPS) is 9.64. The highest BCUT2D eigenvalue weighted by molar-refractivity contribution is 7.94. The molecule has 0 atom stereocenters. The van der Waals surface area contributed by atoms with Gasteiger partial charge in [-0.2, -0.15) is 3.71 Å². The third-order valence-electron chi connectivity index (χ3n) is 1.31. The molecular formula is C7H7ClN2O2S2. The Balaban J connectivity index is 2.46. The molecule has 1 heterocycles. The molecule has 4 nitrogen and oxygen atoms in total. The number of aromatic nitrogens is 1. The SMILES string of the molecule is O=C(OCc1ccc(Cl)nc1)N(S)S. The molecule has 14 heavy (non-hydrogen) atoms. The fourth-order valence-electron chi connectivity index (χ4n) is 0.695. The highest BCUT2D eigenvalue weighted by Crippen LogP contribution is 2.08. The molecule has 0 bridgehead atoms. The smallest absolute Gasteiger partial charge is 0.430 e. The van der Waals surface area contributed by atoms with Crippen molar-refractivity contribution in [3.05, 3.63) is 29.0 Å². The van der Waals surface area contributed by atoms with E-state index in [1.54, 1.807) is 12.1 Å². The van der Waals surface area contributed by atoms with E-state index >= 15 is 0 Å². The van der Waals surface area contributed by atoms with Gasteiger partial charge in [0.15, 0.2) is 0 Å². The summed E-state index contributed by atoms with van der Waals surface area (Å²) in [5, 5.41) is 0.394. The summed E-state index contributed by atoms with van der Waals surface area (Å²) < 4.78 is 5.53. The van der Waals surface area contributed by atoms with Crippen molar-refractivity contribution in [3.8, 4) is 0 Å². The van der Waals surface area contributed by atoms with Crippen LogP contribution in [0.4, 0.5) is 4.79 Å². The first kappa shape index (κ1) is 11.5. The molecular weight excluding hydrogens is 244 g/mol. The van der Waals surface area contributed by atoms with Crippen molar-refractivity contribution in [2.75, 3.05) is 0 Å². The van der Waals surface area contributed by atoms with Gasteiger partial charge >= 0.3 is 6.09 Å². The van der Waals surface area contributed by atoms with Crippen LogP contribution >= 0.6 is 37.2 Å². The van der Waals surface area contributed by atoms with E-state index in [0.29, 0.717) is 5.15 Å². The number of rotatable bonds is 2. The maximum Gasteiger partial charge on any atom is 0.430 e. The minimum Gasteiger partial charge on any atom is -0.443 e. The van der Waals surface area contributed by atoms with E-state index in [0.717, 1.165) is 9.27 Å². The van der Waals surface area contributed by atoms with Crippen molar-refractivity contribution < 1.29 is 9.53 Å². The van der Waals surface area contributed by atoms with Crippen molar-refractivity contribution in [2.24, 2.45) is 0 Å². The summed E-state index contributed by atoms with van der Waals surface area (Å²) in [6.45, 7) is 0.112. The van der Waals surface area contributed by atoms with E-state index in [1.807, 2.05) is 0 Å². The van der Waals surface area contributed by atoms with E-state index in [1.165, 1.54) is 6.20 Å². The molecule has 1 aromatic heterocycles. The quantitative estimate of drug-likeness (QED) is 0.626. The highest BCUT2D eigenvalue weighted by Gasteiger charge is 2.06. The van der Waals surface area contributed by atoms with Gasteiger partial charge in [-0.15, -0.1) is 0 Å². The van der Waals surface area contributed by atoms with Gasteiger partial charge in [0.1, 0.15) is 11.8 Å². The summed E-state index contributed by atoms with van der Waals surface area (Å²) in [4.78, 5) is 14.7. The largest absolute Gasteiger partial charge is 0.443 e. The number of carbonyl (C=O) groups excluding carboxylic acids is 1. The van der Waals surface area contributed by atoms with E-state index < -0.39 is 6.09 Å². The molecule has 1 aromatic rings. The lowest BCUT2D eigenvalue weighted by Crippen LogP contribution is -2.13. The Labute approximate surface area is 97.3 Å². The first-order valence-corrected chi connectivity index (χ1v) is 4.72. The molecule has 7 heteroatoms. The van der Waals surface area contributed by atoms with Crippen LogP contribution in [0.2, 0.25) is 5.15 Å². The molecule has 0 saturated carbocycles. The van der Waals surface area contributed by atoms with Crippen LogP contribution in [0.5, 0.6) is 0 Å². The predicted octanol–water partition coefficient (Wildman–Crippen LogP) is 2.36. The molecule has 1 amide bonds. The third kappa shape index (κ3) is 3.65. The first-order valence-electron chi connectivity index (χ1n) is 3.54. The number of amides is 1. The van der Waals surface area contributed by atoms with Crippen molar-refractivity contribution >= 4 is 43.3 Å². The van der Waals surface area contributed by atoms with Gasteiger partial charge in [-0.25, -0.2) is 9.78 Å². The van der Waals surface area contributed by atoms with Crippen LogP contribution in [0.3, 0.4) is 0 Å². The van der Waals surface area contributed by atoms with Crippen molar-refractivity contribution in [1.82, 2.24) is 8.69 Å². The molecule has 0 N–H and O–H groups in total. The van der Waals surface area contributed by atoms with Crippen LogP contribution in [0.15, 0.2) is 18.3 Å². The second kappa shape index (κ2) is 5.33. The number of hydrogen-bond acceptors (Lipinski definition) is 5. The van der Waals surface area contributed by atoms with Gasteiger partial charge in [0.25, 0.3) is 0 Å². The molecule has 0 spiro atoms. The lowest BCUT2D eigenvalue weighted by Gasteiger charge is -2.08. The topological polar surface area (TPSA) is 42.4 Å². The van der Waals surface area contributed by atoms with Gasteiger partial charge in [-0.05, 0) is 31.7 Å². The third-order valence-corrected chi connectivity index (χ3v) is 1.86. The van der Waals surface area contributed by atoms with Crippen molar-refractivity contribution in [2.45, 2.75) is 6.61 Å². The molecule has 0 fully saturated rings. The molecule has 1 rings (SSSR count). The van der Waals surface area contributed by atoms with E-state index in [4.69, 9.17) is 16.3 Å². The second-order valence-electron chi connectivity index (χ2n) is 2.33. The molecule has 0 unspecified atom stereocenters. The molecule has 0 aliphatic carbocycles. The zero-order valence-corrected chi connectivity index (χ0v) is 9.47. The Morgan fingerprint density at radius 1 is 1.57 bits per heavy atom. The van der Waals surface area contributed by atoms with Crippen molar-refractivity contribution in [1.29, 1.82) is 0 Å². The number of hydrogen-bond donors (Lipinski definition) is 2. The standard InChI is InChI=1S/C7H7ClN2O2S2/c8-6-2-1-5(3-9-6)4-12-7(11)10(13)14/h1-3,13-14H,4H2. The summed E-state index contributed by atoms with van der Waals surface area (Å²) in [5.74, 6) is 0. The summed E-state index contributed by atoms with van der Waals surface area (Å²) in [6, 6.07) is 3.33. The van der Waals surface area contributed by atoms with Crippen molar-refractivity contribution in [3.63, 3.8) is 0 Å². The first-order chi connectivity index (χ1) is 6.59. The van der Waals surface area contributed by atoms with Crippen LogP contribution < -0.4 is 0 Å². The fraction of sp³-hybridized carbons (Fsp3) is 0.143. The summed E-state index contributed by atoms with van der Waals surface area (Å²) >= 11 is 12.9. The number of pyridine rings is 1. The Kier molecular flexibility index (Phi) is 4.37. The predicted molar refractivity (Wildman–Crippen MR) is 59.2 cm³/mol. The highest BCUT2D eigenvalue weighted by atomic mass is 35.5. The van der Waals surface area contributed by atoms with Gasteiger partial charge < -0.3 is 4.74 Å². The maximum atomic E-state index is 10.9. The van der Waals surface area contributed by atoms with E-state index in [-0.39, 0.29) is 6.61 Å². The fourth-order valence-corrected chi connectivity index (χ4v) is 0.922. The Bertz CT molecular complexity index is 318. The number of nitrogens with zero attached hydrogens (tertiary/aromatic N) is 2. The van der Waals surface area contributed by atoms with Crippen LogP contribution in [-0.2, 0) is 11.3 Å². The zero-order valence-electron chi connectivity index (χ0n) is 6.92. The second-order valence-corrected chi connectivity index (χ2v) is 3.84. The maximum absolute atomic E-state index is 10.9. The summed E-state index contributed by atoms with van der Waals surface area (Å²) in [6.07, 6.45) is 0.878. The average molecular weight is 251 g/mol. The lowest BCUT2D eigenvalue weighted by molar-refractivity contribution is 0.136. The van der Waals surface area contributed by atoms with Gasteiger partial charge in [-0.3, -0.25) is 0 Å². The van der Waals surface area contributed by atoms with E-state index in [9.17, 15) is 4.79 Å².